The van der Waals surface area contributed by atoms with Gasteiger partial charge < -0.3 is 48.5 Å². The molecule has 0 bridgehead atoms. The van der Waals surface area contributed by atoms with Gasteiger partial charge in [0.25, 0.3) is 5.91 Å². The van der Waals surface area contributed by atoms with E-state index in [1.165, 1.54) is 18.2 Å². The molecule has 3 aromatic rings. The molecular formula is C26H34ClN11O2. The van der Waals surface area contributed by atoms with E-state index in [4.69, 9.17) is 39.5 Å². The summed E-state index contributed by atoms with van der Waals surface area (Å²) in [6.45, 7) is 2.31. The number of nitrogens with zero attached hydrogens (tertiary/aromatic N) is 5. The third-order valence-corrected chi connectivity index (χ3v) is 7.05. The van der Waals surface area contributed by atoms with Crippen molar-refractivity contribution in [2.24, 2.45) is 22.9 Å². The smallest absolute Gasteiger partial charge is 0.259 e. The molecule has 1 aromatic heterocycles. The zero-order valence-electron chi connectivity index (χ0n) is 21.9. The second-order valence-corrected chi connectivity index (χ2v) is 10.8. The summed E-state index contributed by atoms with van der Waals surface area (Å²) in [5.74, 6) is 0.617. The van der Waals surface area contributed by atoms with Gasteiger partial charge in [-0.05, 0) is 55.3 Å². The van der Waals surface area contributed by atoms with Crippen molar-refractivity contribution in [1.82, 2.24) is 15.0 Å². The van der Waals surface area contributed by atoms with E-state index in [1.54, 1.807) is 24.3 Å². The first-order chi connectivity index (χ1) is 19.1. The first kappa shape index (κ1) is 27.8. The second kappa shape index (κ2) is 11.8. The molecule has 2 aliphatic rings. The first-order valence-electron chi connectivity index (χ1n) is 13.1. The predicted molar refractivity (Wildman–Crippen MR) is 156 cm³/mol. The van der Waals surface area contributed by atoms with E-state index in [9.17, 15) is 9.90 Å². The van der Waals surface area contributed by atoms with Crippen LogP contribution in [0.25, 0.3) is 0 Å². The van der Waals surface area contributed by atoms with E-state index in [1.807, 2.05) is 9.80 Å². The monoisotopic (exact) mass is 567 g/mol. The molecule has 212 valence electrons. The normalized spacial score (nSPS) is 23.1. The molecule has 0 spiro atoms. The molecule has 0 radical (unpaired) electrons. The number of halogens is 1. The highest BCUT2D eigenvalue weighted by Crippen LogP contribution is 2.26. The van der Waals surface area contributed by atoms with Crippen molar-refractivity contribution in [2.45, 2.75) is 37.0 Å². The minimum absolute atomic E-state index is 0.0882. The molecule has 2 aliphatic heterocycles. The number of aromatic hydroxyl groups is 1. The van der Waals surface area contributed by atoms with Crippen molar-refractivity contribution in [1.29, 1.82) is 0 Å². The average molecular weight is 568 g/mol. The van der Waals surface area contributed by atoms with Crippen LogP contribution < -0.4 is 43.4 Å². The maximum Gasteiger partial charge on any atom is 0.259 e. The van der Waals surface area contributed by atoms with Gasteiger partial charge in [0.05, 0.1) is 5.56 Å². The molecule has 3 heterocycles. The number of anilines is 5. The van der Waals surface area contributed by atoms with E-state index in [0.29, 0.717) is 60.4 Å². The van der Waals surface area contributed by atoms with Crippen molar-refractivity contribution in [3.8, 4) is 5.75 Å². The fourth-order valence-electron chi connectivity index (χ4n) is 5.04. The Morgan fingerprint density at radius 1 is 0.800 bits per heavy atom. The zero-order valence-corrected chi connectivity index (χ0v) is 22.6. The molecule has 0 unspecified atom stereocenters. The number of nitrogens with two attached hydrogens (primary N) is 4. The number of amides is 1. The Kier molecular flexibility index (Phi) is 8.19. The molecule has 2 saturated heterocycles. The van der Waals surface area contributed by atoms with Crippen molar-refractivity contribution < 1.29 is 9.90 Å². The van der Waals surface area contributed by atoms with Crippen LogP contribution in [0.2, 0.25) is 5.02 Å². The SMILES string of the molecule is N[C@@H]1C[C@H](N)CN(c2nc(Nc3ccc(NC(=O)c4ccc(Cl)cc4O)cc3)nc(N3C[C@H](N)C[C@H](N)C3)n2)C1. The molecule has 40 heavy (non-hydrogen) atoms. The van der Waals surface area contributed by atoms with Crippen molar-refractivity contribution in [3.05, 3.63) is 53.1 Å². The van der Waals surface area contributed by atoms with Crippen molar-refractivity contribution in [3.63, 3.8) is 0 Å². The molecule has 5 rings (SSSR count). The van der Waals surface area contributed by atoms with Crippen LogP contribution in [-0.2, 0) is 0 Å². The van der Waals surface area contributed by atoms with Crippen molar-refractivity contribution >= 4 is 46.7 Å². The Bertz CT molecular complexity index is 1290. The van der Waals surface area contributed by atoms with Gasteiger partial charge in [-0.25, -0.2) is 0 Å². The van der Waals surface area contributed by atoms with Gasteiger partial charge in [0, 0.05) is 66.7 Å². The fourth-order valence-corrected chi connectivity index (χ4v) is 5.20. The maximum atomic E-state index is 12.6. The van der Waals surface area contributed by atoms with Gasteiger partial charge in [-0.2, -0.15) is 15.0 Å². The number of nitrogens with one attached hydrogen (secondary N) is 2. The molecule has 11 N–H and O–H groups in total. The Morgan fingerprint density at radius 3 is 1.80 bits per heavy atom. The van der Waals surface area contributed by atoms with Crippen LogP contribution in [0.4, 0.5) is 29.2 Å². The van der Waals surface area contributed by atoms with Crippen LogP contribution >= 0.6 is 11.6 Å². The van der Waals surface area contributed by atoms with E-state index in [2.05, 4.69) is 20.6 Å². The number of aromatic nitrogens is 3. The zero-order chi connectivity index (χ0) is 28.4. The number of carbonyl (C=O) groups is 1. The van der Waals surface area contributed by atoms with E-state index in [0.717, 1.165) is 12.8 Å². The largest absolute Gasteiger partial charge is 0.507 e. The molecule has 4 atom stereocenters. The third-order valence-electron chi connectivity index (χ3n) is 6.81. The summed E-state index contributed by atoms with van der Waals surface area (Å²) >= 11 is 5.86. The molecular weight excluding hydrogens is 534 g/mol. The number of phenols is 1. The van der Waals surface area contributed by atoms with Crippen LogP contribution in [0.5, 0.6) is 5.75 Å². The van der Waals surface area contributed by atoms with E-state index >= 15 is 0 Å². The van der Waals surface area contributed by atoms with Crippen LogP contribution in [0.3, 0.4) is 0 Å². The summed E-state index contributed by atoms with van der Waals surface area (Å²) in [6.07, 6.45) is 1.46. The topological polar surface area (TPSA) is 211 Å². The van der Waals surface area contributed by atoms with Gasteiger partial charge in [-0.1, -0.05) is 11.6 Å². The minimum Gasteiger partial charge on any atom is -0.507 e. The predicted octanol–water partition coefficient (Wildman–Crippen LogP) is 0.956. The van der Waals surface area contributed by atoms with Gasteiger partial charge in [0.1, 0.15) is 5.75 Å². The highest BCUT2D eigenvalue weighted by molar-refractivity contribution is 6.31. The number of hydrogen-bond acceptors (Lipinski definition) is 12. The Balaban J connectivity index is 1.36. The quantitative estimate of drug-likeness (QED) is 0.222. The summed E-state index contributed by atoms with van der Waals surface area (Å²) < 4.78 is 0. The summed E-state index contributed by atoms with van der Waals surface area (Å²) in [7, 11) is 0. The Morgan fingerprint density at radius 2 is 1.30 bits per heavy atom. The van der Waals surface area contributed by atoms with Gasteiger partial charge in [-0.3, -0.25) is 4.79 Å². The summed E-state index contributed by atoms with van der Waals surface area (Å²) in [5, 5.41) is 16.4. The Labute approximate surface area is 236 Å². The molecule has 13 nitrogen and oxygen atoms in total. The van der Waals surface area contributed by atoms with Gasteiger partial charge in [0.2, 0.25) is 17.8 Å². The second-order valence-electron chi connectivity index (χ2n) is 10.4. The number of carbonyl (C=O) groups excluding carboxylic acids is 1. The molecule has 0 saturated carbocycles. The average Bonchev–Trinajstić information content (AvgIpc) is 2.88. The number of phenolic OH excluding ortho intramolecular Hbond substituents is 1. The minimum atomic E-state index is -0.461. The molecule has 0 aliphatic carbocycles. The first-order valence-corrected chi connectivity index (χ1v) is 13.5. The van der Waals surface area contributed by atoms with E-state index in [-0.39, 0.29) is 35.5 Å². The number of benzene rings is 2. The fraction of sp³-hybridized carbons (Fsp3) is 0.385. The lowest BCUT2D eigenvalue weighted by Gasteiger charge is -2.37. The molecule has 2 aromatic carbocycles. The van der Waals surface area contributed by atoms with Gasteiger partial charge >= 0.3 is 0 Å². The highest BCUT2D eigenvalue weighted by atomic mass is 35.5. The molecule has 2 fully saturated rings. The number of rotatable bonds is 6. The lowest BCUT2D eigenvalue weighted by molar-refractivity contribution is 0.102. The van der Waals surface area contributed by atoms with E-state index < -0.39 is 5.91 Å². The van der Waals surface area contributed by atoms with Crippen molar-refractivity contribution in [2.75, 3.05) is 46.6 Å². The molecule has 1 amide bonds. The van der Waals surface area contributed by atoms with Crippen LogP contribution in [0.1, 0.15) is 23.2 Å². The summed E-state index contributed by atoms with van der Waals surface area (Å²) in [6, 6.07) is 11.0. The number of hydrogen-bond donors (Lipinski definition) is 7. The number of piperidine rings is 2. The lowest BCUT2D eigenvalue weighted by atomic mass is 10.0. The van der Waals surface area contributed by atoms with Gasteiger partial charge in [-0.15, -0.1) is 0 Å². The Hall–Kier alpha value is -3.75. The summed E-state index contributed by atoms with van der Waals surface area (Å²) in [5.41, 5.74) is 26.3. The van der Waals surface area contributed by atoms with Crippen LogP contribution in [-0.4, -0.2) is 76.3 Å². The highest BCUT2D eigenvalue weighted by Gasteiger charge is 2.28. The standard InChI is InChI=1S/C26H34ClN11O2/c27-14-1-6-21(22(39)7-14)23(40)32-19-2-4-20(5-3-19)33-24-34-25(37-10-15(28)8-16(29)11-37)36-26(35-24)38-12-17(30)9-18(31)13-38/h1-7,15-18,39H,8-13,28-31H2,(H,32,40)(H,33,34,35,36)/t15-,16+,17-,18+. The van der Waals surface area contributed by atoms with Gasteiger partial charge in [0.15, 0.2) is 0 Å². The van der Waals surface area contributed by atoms with Crippen LogP contribution in [0.15, 0.2) is 42.5 Å². The lowest BCUT2D eigenvalue weighted by Crippen LogP contribution is -2.54. The third kappa shape index (κ3) is 6.69. The molecule has 14 heteroatoms. The van der Waals surface area contributed by atoms with Crippen LogP contribution in [0, 0.1) is 0 Å². The maximum absolute atomic E-state index is 12.6. The summed E-state index contributed by atoms with van der Waals surface area (Å²) in [4.78, 5) is 30.6.